The van der Waals surface area contributed by atoms with Crippen LogP contribution in [-0.2, 0) is 6.61 Å². The van der Waals surface area contributed by atoms with E-state index in [1.807, 2.05) is 0 Å². The van der Waals surface area contributed by atoms with Crippen molar-refractivity contribution in [3.05, 3.63) is 67.9 Å². The predicted molar refractivity (Wildman–Crippen MR) is 76.9 cm³/mol. The third-order valence-electron chi connectivity index (χ3n) is 2.73. The van der Waals surface area contributed by atoms with Gasteiger partial charge in [-0.05, 0) is 30.3 Å². The van der Waals surface area contributed by atoms with Gasteiger partial charge in [0, 0.05) is 16.1 Å². The summed E-state index contributed by atoms with van der Waals surface area (Å²) in [4.78, 5) is 21.1. The highest BCUT2D eigenvalue weighted by Gasteiger charge is 2.15. The number of ether oxygens (including phenoxy) is 1. The molecule has 0 atom stereocenters. The van der Waals surface area contributed by atoms with Gasteiger partial charge in [-0.25, -0.2) is 4.39 Å². The molecule has 0 unspecified atom stereocenters. The van der Waals surface area contributed by atoms with Crippen LogP contribution in [0.3, 0.4) is 0 Å². The molecule has 0 radical (unpaired) electrons. The van der Waals surface area contributed by atoms with E-state index in [-0.39, 0.29) is 17.9 Å². The van der Waals surface area contributed by atoms with Crippen molar-refractivity contribution in [1.82, 2.24) is 0 Å². The predicted octanol–water partition coefficient (Wildman–Crippen LogP) is 3.89. The summed E-state index contributed by atoms with van der Waals surface area (Å²) in [5.74, 6) is -0.220. The zero-order chi connectivity index (χ0) is 15.4. The zero-order valence-electron chi connectivity index (χ0n) is 10.6. The quantitative estimate of drug-likeness (QED) is 0.464. The Bertz CT molecular complexity index is 705. The van der Waals surface area contributed by atoms with Crippen LogP contribution in [0.2, 0.25) is 0 Å². The molecule has 0 heterocycles. The number of nitrogens with zero attached hydrogens (tertiary/aromatic N) is 1. The smallest absolute Gasteiger partial charge is 0.276 e. The van der Waals surface area contributed by atoms with Crippen LogP contribution in [0.5, 0.6) is 5.75 Å². The molecule has 2 aromatic rings. The van der Waals surface area contributed by atoms with Crippen LogP contribution in [-0.4, -0.2) is 11.2 Å². The first kappa shape index (κ1) is 15.1. The lowest BCUT2D eigenvalue weighted by molar-refractivity contribution is -0.385. The fourth-order valence-corrected chi connectivity index (χ4v) is 2.05. The van der Waals surface area contributed by atoms with Gasteiger partial charge >= 0.3 is 0 Å². The van der Waals surface area contributed by atoms with Gasteiger partial charge in [0.1, 0.15) is 18.2 Å². The summed E-state index contributed by atoms with van der Waals surface area (Å²) >= 11 is 3.20. The molecule has 0 bridgehead atoms. The molecule has 0 saturated heterocycles. The SMILES string of the molecule is O=Cc1cc(OCc2cc(F)ccc2[N+](=O)[O-])ccc1Br. The third-order valence-corrected chi connectivity index (χ3v) is 3.45. The Labute approximate surface area is 127 Å². The van der Waals surface area contributed by atoms with E-state index in [0.717, 1.165) is 18.2 Å². The summed E-state index contributed by atoms with van der Waals surface area (Å²) in [5.41, 5.74) is 0.293. The van der Waals surface area contributed by atoms with Crippen LogP contribution in [0.25, 0.3) is 0 Å². The summed E-state index contributed by atoms with van der Waals surface area (Å²) in [6, 6.07) is 7.87. The largest absolute Gasteiger partial charge is 0.489 e. The lowest BCUT2D eigenvalue weighted by Crippen LogP contribution is -2.01. The molecule has 108 valence electrons. The highest BCUT2D eigenvalue weighted by Crippen LogP contribution is 2.24. The highest BCUT2D eigenvalue weighted by molar-refractivity contribution is 9.10. The molecule has 2 aromatic carbocycles. The number of hydrogen-bond donors (Lipinski definition) is 0. The molecule has 0 aliphatic rings. The van der Waals surface area contributed by atoms with E-state index in [4.69, 9.17) is 4.74 Å². The molecule has 0 aliphatic carbocycles. The Morgan fingerprint density at radius 1 is 1.29 bits per heavy atom. The molecule has 0 spiro atoms. The average molecular weight is 354 g/mol. The van der Waals surface area contributed by atoms with Crippen molar-refractivity contribution in [2.24, 2.45) is 0 Å². The maximum Gasteiger partial charge on any atom is 0.276 e. The van der Waals surface area contributed by atoms with E-state index in [1.54, 1.807) is 12.1 Å². The number of hydrogen-bond acceptors (Lipinski definition) is 4. The number of carbonyl (C=O) groups excluding carboxylic acids is 1. The molecule has 7 heteroatoms. The minimum absolute atomic E-state index is 0.121. The lowest BCUT2D eigenvalue weighted by Gasteiger charge is -2.08. The maximum absolute atomic E-state index is 13.2. The molecule has 0 aliphatic heterocycles. The molecule has 5 nitrogen and oxygen atoms in total. The second kappa shape index (κ2) is 6.45. The fourth-order valence-electron chi connectivity index (χ4n) is 1.71. The van der Waals surface area contributed by atoms with Gasteiger partial charge in [-0.1, -0.05) is 15.9 Å². The van der Waals surface area contributed by atoms with Crippen LogP contribution in [0, 0.1) is 15.9 Å². The number of rotatable bonds is 5. The van der Waals surface area contributed by atoms with Crippen LogP contribution in [0.1, 0.15) is 15.9 Å². The van der Waals surface area contributed by atoms with Gasteiger partial charge in [0.05, 0.1) is 10.5 Å². The monoisotopic (exact) mass is 353 g/mol. The van der Waals surface area contributed by atoms with Crippen molar-refractivity contribution >= 4 is 27.9 Å². The number of carbonyl (C=O) groups is 1. The van der Waals surface area contributed by atoms with Crippen molar-refractivity contribution in [1.29, 1.82) is 0 Å². The number of benzene rings is 2. The molecular formula is C14H9BrFNO4. The number of nitro groups is 1. The zero-order valence-corrected chi connectivity index (χ0v) is 12.2. The summed E-state index contributed by atoms with van der Waals surface area (Å²) in [6.07, 6.45) is 0.654. The topological polar surface area (TPSA) is 69.4 Å². The Morgan fingerprint density at radius 3 is 2.71 bits per heavy atom. The van der Waals surface area contributed by atoms with E-state index in [0.29, 0.717) is 22.1 Å². The van der Waals surface area contributed by atoms with Gasteiger partial charge in [-0.15, -0.1) is 0 Å². The van der Waals surface area contributed by atoms with Gasteiger partial charge < -0.3 is 4.74 Å². The lowest BCUT2D eigenvalue weighted by atomic mass is 10.2. The van der Waals surface area contributed by atoms with Crippen molar-refractivity contribution in [3.8, 4) is 5.75 Å². The van der Waals surface area contributed by atoms with Crippen LogP contribution < -0.4 is 4.74 Å². The van der Waals surface area contributed by atoms with Crippen molar-refractivity contribution in [2.45, 2.75) is 6.61 Å². The fraction of sp³-hybridized carbons (Fsp3) is 0.0714. The summed E-state index contributed by atoms with van der Waals surface area (Å²) < 4.78 is 19.2. The second-order valence-electron chi connectivity index (χ2n) is 4.12. The van der Waals surface area contributed by atoms with Gasteiger partial charge in [-0.2, -0.15) is 0 Å². The first-order valence-corrected chi connectivity index (χ1v) is 6.61. The second-order valence-corrected chi connectivity index (χ2v) is 4.97. The van der Waals surface area contributed by atoms with Crippen LogP contribution in [0.4, 0.5) is 10.1 Å². The van der Waals surface area contributed by atoms with Crippen LogP contribution >= 0.6 is 15.9 Å². The van der Waals surface area contributed by atoms with Crippen molar-refractivity contribution < 1.29 is 18.8 Å². The Balaban J connectivity index is 2.22. The number of aldehydes is 1. The highest BCUT2D eigenvalue weighted by atomic mass is 79.9. The van der Waals surface area contributed by atoms with Gasteiger partial charge in [0.2, 0.25) is 0 Å². The molecule has 21 heavy (non-hydrogen) atoms. The molecule has 0 N–H and O–H groups in total. The average Bonchev–Trinajstić information content (AvgIpc) is 2.46. The number of nitro benzene ring substituents is 1. The van der Waals surface area contributed by atoms with Gasteiger partial charge in [-0.3, -0.25) is 14.9 Å². The minimum Gasteiger partial charge on any atom is -0.489 e. The summed E-state index contributed by atoms with van der Waals surface area (Å²) in [6.45, 7) is -0.173. The Kier molecular flexibility index (Phi) is 4.64. The molecule has 0 fully saturated rings. The Hall–Kier alpha value is -2.28. The first-order chi connectivity index (χ1) is 10.0. The third kappa shape index (κ3) is 3.63. The maximum atomic E-state index is 13.2. The van der Waals surface area contributed by atoms with Crippen molar-refractivity contribution in [3.63, 3.8) is 0 Å². The molecule has 0 saturated carbocycles. The van der Waals surface area contributed by atoms with E-state index in [9.17, 15) is 19.3 Å². The van der Waals surface area contributed by atoms with Gasteiger partial charge in [0.25, 0.3) is 5.69 Å². The molecule has 0 aromatic heterocycles. The standard InChI is InChI=1S/C14H9BrFNO4/c15-13-3-2-12(6-9(13)7-18)21-8-10-5-11(16)1-4-14(10)17(19)20/h1-7H,8H2. The van der Waals surface area contributed by atoms with E-state index in [2.05, 4.69) is 15.9 Å². The molecular weight excluding hydrogens is 345 g/mol. The van der Waals surface area contributed by atoms with E-state index < -0.39 is 10.7 Å². The normalized spacial score (nSPS) is 10.2. The van der Waals surface area contributed by atoms with Gasteiger partial charge in [0.15, 0.2) is 6.29 Å². The summed E-state index contributed by atoms with van der Waals surface area (Å²) in [5, 5.41) is 10.9. The van der Waals surface area contributed by atoms with Crippen molar-refractivity contribution in [2.75, 3.05) is 0 Å². The summed E-state index contributed by atoms with van der Waals surface area (Å²) in [7, 11) is 0. The van der Waals surface area contributed by atoms with E-state index in [1.165, 1.54) is 6.07 Å². The molecule has 0 amide bonds. The van der Waals surface area contributed by atoms with E-state index >= 15 is 0 Å². The van der Waals surface area contributed by atoms with Crippen LogP contribution in [0.15, 0.2) is 40.9 Å². The number of halogens is 2. The minimum atomic E-state index is -0.601. The Morgan fingerprint density at radius 2 is 2.05 bits per heavy atom. The molecule has 2 rings (SSSR count). The first-order valence-electron chi connectivity index (χ1n) is 5.81.